The Morgan fingerprint density at radius 1 is 1.19 bits per heavy atom. The molecule has 0 unspecified atom stereocenters. The highest BCUT2D eigenvalue weighted by Crippen LogP contribution is 2.32. The van der Waals surface area contributed by atoms with Gasteiger partial charge in [0.2, 0.25) is 0 Å². The fourth-order valence-electron chi connectivity index (χ4n) is 1.81. The van der Waals surface area contributed by atoms with Crippen molar-refractivity contribution in [3.8, 4) is 0 Å². The first kappa shape index (κ1) is 16.8. The van der Waals surface area contributed by atoms with E-state index < -0.39 is 0 Å². The summed E-state index contributed by atoms with van der Waals surface area (Å²) >= 11 is 11.2. The largest absolute Gasteiger partial charge is 0.383 e. The average Bonchev–Trinajstić information content (AvgIpc) is 2.48. The minimum Gasteiger partial charge on any atom is -0.383 e. The number of hydrogen-bond donors (Lipinski definition) is 1. The van der Waals surface area contributed by atoms with Gasteiger partial charge in [-0.3, -0.25) is 0 Å². The first-order valence-electron chi connectivity index (χ1n) is 6.60. The highest BCUT2D eigenvalue weighted by atomic mass is 79.9. The van der Waals surface area contributed by atoms with Crippen molar-refractivity contribution in [1.82, 2.24) is 5.32 Å². The molecule has 0 heterocycles. The lowest BCUT2D eigenvalue weighted by atomic mass is 10.2. The standard InChI is InChI=1S/C16H17BrClNOS/c1-20-9-8-19-11-12-10-13(17)2-7-16(12)21-15-5-3-14(18)4-6-15/h2-7,10,19H,8-9,11H2,1H3. The molecule has 0 bridgehead atoms. The second kappa shape index (κ2) is 8.81. The Morgan fingerprint density at radius 3 is 2.67 bits per heavy atom. The second-order valence-electron chi connectivity index (χ2n) is 4.48. The summed E-state index contributed by atoms with van der Waals surface area (Å²) in [5, 5.41) is 4.15. The van der Waals surface area contributed by atoms with E-state index in [2.05, 4.69) is 39.4 Å². The van der Waals surface area contributed by atoms with E-state index in [9.17, 15) is 0 Å². The van der Waals surface area contributed by atoms with Crippen molar-refractivity contribution < 1.29 is 4.74 Å². The summed E-state index contributed by atoms with van der Waals surface area (Å²) in [7, 11) is 1.71. The van der Waals surface area contributed by atoms with Crippen molar-refractivity contribution in [3.05, 3.63) is 57.5 Å². The summed E-state index contributed by atoms with van der Waals surface area (Å²) in [5.41, 5.74) is 1.26. The molecule has 0 fully saturated rings. The van der Waals surface area contributed by atoms with Crippen LogP contribution in [-0.2, 0) is 11.3 Å². The highest BCUT2D eigenvalue weighted by Gasteiger charge is 2.05. The van der Waals surface area contributed by atoms with Gasteiger partial charge in [0.25, 0.3) is 0 Å². The lowest BCUT2D eigenvalue weighted by Crippen LogP contribution is -2.18. The summed E-state index contributed by atoms with van der Waals surface area (Å²) in [6.07, 6.45) is 0. The number of ether oxygens (including phenoxy) is 1. The van der Waals surface area contributed by atoms with Crippen molar-refractivity contribution in [1.29, 1.82) is 0 Å². The predicted molar refractivity (Wildman–Crippen MR) is 93.3 cm³/mol. The van der Waals surface area contributed by atoms with E-state index in [-0.39, 0.29) is 0 Å². The van der Waals surface area contributed by atoms with E-state index in [0.717, 1.165) is 22.6 Å². The maximum absolute atomic E-state index is 5.93. The monoisotopic (exact) mass is 385 g/mol. The van der Waals surface area contributed by atoms with Crippen LogP contribution in [0.15, 0.2) is 56.7 Å². The van der Waals surface area contributed by atoms with Gasteiger partial charge in [0.05, 0.1) is 6.61 Å². The van der Waals surface area contributed by atoms with Gasteiger partial charge in [0.1, 0.15) is 0 Å². The summed E-state index contributed by atoms with van der Waals surface area (Å²) in [5.74, 6) is 0. The molecule has 0 atom stereocenters. The van der Waals surface area contributed by atoms with Crippen LogP contribution >= 0.6 is 39.3 Å². The van der Waals surface area contributed by atoms with Crippen LogP contribution in [0.1, 0.15) is 5.56 Å². The number of nitrogens with one attached hydrogen (secondary N) is 1. The molecule has 0 aliphatic rings. The first-order valence-corrected chi connectivity index (χ1v) is 8.59. The molecular weight excluding hydrogens is 370 g/mol. The molecule has 5 heteroatoms. The lowest BCUT2D eigenvalue weighted by molar-refractivity contribution is 0.199. The van der Waals surface area contributed by atoms with Crippen molar-refractivity contribution >= 4 is 39.3 Å². The van der Waals surface area contributed by atoms with Crippen LogP contribution in [0.3, 0.4) is 0 Å². The molecule has 112 valence electrons. The quantitative estimate of drug-likeness (QED) is 0.677. The van der Waals surface area contributed by atoms with Gasteiger partial charge in [-0.1, -0.05) is 39.3 Å². The maximum atomic E-state index is 5.93. The third kappa shape index (κ3) is 5.64. The predicted octanol–water partition coefficient (Wildman–Crippen LogP) is 4.99. The van der Waals surface area contributed by atoms with Gasteiger partial charge in [-0.2, -0.15) is 0 Å². The van der Waals surface area contributed by atoms with Crippen LogP contribution in [0.2, 0.25) is 5.02 Å². The molecule has 2 aromatic carbocycles. The molecule has 0 aliphatic carbocycles. The van der Waals surface area contributed by atoms with Crippen LogP contribution in [0, 0.1) is 0 Å². The molecule has 2 aromatic rings. The van der Waals surface area contributed by atoms with Gasteiger partial charge in [0, 0.05) is 39.5 Å². The highest BCUT2D eigenvalue weighted by molar-refractivity contribution is 9.10. The first-order chi connectivity index (χ1) is 10.2. The molecule has 1 N–H and O–H groups in total. The normalized spacial score (nSPS) is 10.8. The summed E-state index contributed by atoms with van der Waals surface area (Å²) < 4.78 is 6.14. The van der Waals surface area contributed by atoms with Crippen molar-refractivity contribution in [3.63, 3.8) is 0 Å². The zero-order chi connectivity index (χ0) is 15.1. The number of hydrogen-bond acceptors (Lipinski definition) is 3. The molecule has 0 radical (unpaired) electrons. The number of benzene rings is 2. The minimum absolute atomic E-state index is 0.716. The van der Waals surface area contributed by atoms with Crippen LogP contribution in [0.4, 0.5) is 0 Å². The molecule has 2 rings (SSSR count). The molecular formula is C16H17BrClNOS. The topological polar surface area (TPSA) is 21.3 Å². The fourth-order valence-corrected chi connectivity index (χ4v) is 3.27. The van der Waals surface area contributed by atoms with Gasteiger partial charge in [-0.05, 0) is 48.0 Å². The Morgan fingerprint density at radius 2 is 1.95 bits per heavy atom. The molecule has 0 spiro atoms. The van der Waals surface area contributed by atoms with Gasteiger partial charge < -0.3 is 10.1 Å². The van der Waals surface area contributed by atoms with Gasteiger partial charge >= 0.3 is 0 Å². The van der Waals surface area contributed by atoms with E-state index in [0.29, 0.717) is 6.61 Å². The molecule has 0 aliphatic heterocycles. The summed E-state index contributed by atoms with van der Waals surface area (Å²) in [6.45, 7) is 2.38. The average molecular weight is 387 g/mol. The Hall–Kier alpha value is -0.520. The summed E-state index contributed by atoms with van der Waals surface area (Å²) in [6, 6.07) is 14.3. The number of halogens is 2. The Kier molecular flexibility index (Phi) is 7.07. The Balaban J connectivity index is 2.08. The van der Waals surface area contributed by atoms with E-state index >= 15 is 0 Å². The smallest absolute Gasteiger partial charge is 0.0587 e. The lowest BCUT2D eigenvalue weighted by Gasteiger charge is -2.11. The Bertz CT molecular complexity index is 577. The molecule has 0 amide bonds. The summed E-state index contributed by atoms with van der Waals surface area (Å²) in [4.78, 5) is 2.42. The molecule has 0 aromatic heterocycles. The molecule has 2 nitrogen and oxygen atoms in total. The van der Waals surface area contributed by atoms with Crippen LogP contribution < -0.4 is 5.32 Å². The third-order valence-electron chi connectivity index (χ3n) is 2.86. The molecule has 0 saturated carbocycles. The van der Waals surface area contributed by atoms with Gasteiger partial charge in [0.15, 0.2) is 0 Å². The second-order valence-corrected chi connectivity index (χ2v) is 6.95. The van der Waals surface area contributed by atoms with Crippen molar-refractivity contribution in [2.45, 2.75) is 16.3 Å². The zero-order valence-corrected chi connectivity index (χ0v) is 14.9. The number of methoxy groups -OCH3 is 1. The van der Waals surface area contributed by atoms with Crippen LogP contribution in [0.25, 0.3) is 0 Å². The Labute approximate surface area is 143 Å². The number of rotatable bonds is 7. The fraction of sp³-hybridized carbons (Fsp3) is 0.250. The van der Waals surface area contributed by atoms with Crippen molar-refractivity contribution in [2.75, 3.05) is 20.3 Å². The van der Waals surface area contributed by atoms with E-state index in [1.54, 1.807) is 18.9 Å². The zero-order valence-electron chi connectivity index (χ0n) is 11.7. The van der Waals surface area contributed by atoms with Crippen LogP contribution in [-0.4, -0.2) is 20.3 Å². The third-order valence-corrected chi connectivity index (χ3v) is 4.73. The van der Waals surface area contributed by atoms with Crippen LogP contribution in [0.5, 0.6) is 0 Å². The van der Waals surface area contributed by atoms with Crippen molar-refractivity contribution in [2.24, 2.45) is 0 Å². The molecule has 0 saturated heterocycles. The SMILES string of the molecule is COCCNCc1cc(Br)ccc1Sc1ccc(Cl)cc1. The van der Waals surface area contributed by atoms with E-state index in [1.165, 1.54) is 15.4 Å². The minimum atomic E-state index is 0.716. The van der Waals surface area contributed by atoms with E-state index in [1.807, 2.05) is 24.3 Å². The van der Waals surface area contributed by atoms with E-state index in [4.69, 9.17) is 16.3 Å². The maximum Gasteiger partial charge on any atom is 0.0587 e. The van der Waals surface area contributed by atoms with Gasteiger partial charge in [-0.25, -0.2) is 0 Å². The van der Waals surface area contributed by atoms with Gasteiger partial charge in [-0.15, -0.1) is 0 Å². The molecule has 21 heavy (non-hydrogen) atoms.